The van der Waals surface area contributed by atoms with Crippen LogP contribution in [0.4, 0.5) is 10.5 Å². The molecule has 7 nitrogen and oxygen atoms in total. The summed E-state index contributed by atoms with van der Waals surface area (Å²) in [6, 6.07) is 15.3. The molecule has 0 spiro atoms. The van der Waals surface area contributed by atoms with Crippen LogP contribution in [0.15, 0.2) is 42.5 Å². The number of rotatable bonds is 11. The molecule has 0 radical (unpaired) electrons. The number of carbonyl (C=O) groups excluding carboxylic acids is 1. The standard InChI is InChI=1S/C38H56N2O5/c1-25-14-19-32(44-10)31(20-25)39-34(43)45-30-21-28-12-11-13-29(22-30)40(28)38(8,9)24-36(4,5)27-17-15-26(16-18-27)35(2,3)23-37(6,7)33(41)42/h14-20,28-30H,11-13,21-24H2,1-10H3,(H,39,43)(H,41,42). The fourth-order valence-corrected chi connectivity index (χ4v) is 8.56. The predicted molar refractivity (Wildman–Crippen MR) is 181 cm³/mol. The molecule has 248 valence electrons. The number of aliphatic carboxylic acids is 1. The molecule has 2 N–H and O–H groups in total. The highest BCUT2D eigenvalue weighted by Gasteiger charge is 2.47. The molecule has 2 bridgehead atoms. The molecule has 2 aliphatic heterocycles. The molecule has 2 heterocycles. The van der Waals surface area contributed by atoms with Crippen molar-refractivity contribution < 1.29 is 24.2 Å². The Morgan fingerprint density at radius 3 is 1.91 bits per heavy atom. The lowest BCUT2D eigenvalue weighted by molar-refractivity contribution is -0.148. The van der Waals surface area contributed by atoms with E-state index in [-0.39, 0.29) is 22.5 Å². The minimum atomic E-state index is -0.791. The second-order valence-corrected chi connectivity index (χ2v) is 16.2. The van der Waals surface area contributed by atoms with Crippen molar-refractivity contribution in [2.24, 2.45) is 5.41 Å². The zero-order valence-electron chi connectivity index (χ0n) is 29.3. The van der Waals surface area contributed by atoms with E-state index in [2.05, 4.69) is 76.0 Å². The first-order chi connectivity index (χ1) is 20.8. The van der Waals surface area contributed by atoms with Crippen LogP contribution in [0.2, 0.25) is 0 Å². The van der Waals surface area contributed by atoms with Crippen molar-refractivity contribution in [3.05, 3.63) is 59.2 Å². The summed E-state index contributed by atoms with van der Waals surface area (Å²) in [5.41, 5.74) is 2.96. The Morgan fingerprint density at radius 2 is 1.40 bits per heavy atom. The van der Waals surface area contributed by atoms with Crippen molar-refractivity contribution in [2.45, 2.75) is 142 Å². The number of carboxylic acids is 1. The number of anilines is 1. The zero-order chi connectivity index (χ0) is 33.4. The quantitative estimate of drug-likeness (QED) is 0.261. The maximum atomic E-state index is 13.0. The van der Waals surface area contributed by atoms with Crippen LogP contribution < -0.4 is 10.1 Å². The molecule has 2 aromatic rings. The molecule has 45 heavy (non-hydrogen) atoms. The van der Waals surface area contributed by atoms with Gasteiger partial charge in [0.25, 0.3) is 0 Å². The number of nitrogens with one attached hydrogen (secondary N) is 1. The SMILES string of the molecule is COc1ccc(C)cc1NC(=O)OC1CC2CCCC(C1)N2C(C)(C)CC(C)(C)c1ccc(C(C)(C)CC(C)(C)C(=O)O)cc1. The maximum Gasteiger partial charge on any atom is 0.412 e. The van der Waals surface area contributed by atoms with Gasteiger partial charge in [-0.25, -0.2) is 4.79 Å². The topological polar surface area (TPSA) is 88.1 Å². The Labute approximate surface area is 271 Å². The number of ether oxygens (including phenoxy) is 2. The van der Waals surface area contributed by atoms with Gasteiger partial charge < -0.3 is 14.6 Å². The number of nitrogens with zero attached hydrogens (tertiary/aromatic N) is 1. The Hall–Kier alpha value is -3.06. The molecule has 7 heteroatoms. The lowest BCUT2D eigenvalue weighted by atomic mass is 9.69. The Balaban J connectivity index is 1.42. The highest BCUT2D eigenvalue weighted by atomic mass is 16.6. The predicted octanol–water partition coefficient (Wildman–Crippen LogP) is 8.86. The molecule has 0 aromatic heterocycles. The number of carbonyl (C=O) groups is 2. The third-order valence-corrected chi connectivity index (χ3v) is 10.3. The number of amides is 1. The number of methoxy groups -OCH3 is 1. The van der Waals surface area contributed by atoms with Crippen LogP contribution in [0.1, 0.15) is 117 Å². The summed E-state index contributed by atoms with van der Waals surface area (Å²) >= 11 is 0. The van der Waals surface area contributed by atoms with E-state index in [1.807, 2.05) is 25.1 Å². The molecule has 2 aliphatic rings. The van der Waals surface area contributed by atoms with E-state index in [1.54, 1.807) is 21.0 Å². The average Bonchev–Trinajstić information content (AvgIpc) is 2.91. The molecular formula is C38H56N2O5. The highest BCUT2D eigenvalue weighted by molar-refractivity contribution is 5.87. The van der Waals surface area contributed by atoms with E-state index >= 15 is 0 Å². The fourth-order valence-electron chi connectivity index (χ4n) is 8.56. The number of piperidine rings is 2. The summed E-state index contributed by atoms with van der Waals surface area (Å²) in [5, 5.41) is 12.6. The van der Waals surface area contributed by atoms with Gasteiger partial charge in [-0.1, -0.05) is 64.4 Å². The summed E-state index contributed by atoms with van der Waals surface area (Å²) in [7, 11) is 1.60. The number of hydrogen-bond acceptors (Lipinski definition) is 5. The van der Waals surface area contributed by atoms with Gasteiger partial charge in [-0.2, -0.15) is 0 Å². The van der Waals surface area contributed by atoms with Gasteiger partial charge in [0.1, 0.15) is 11.9 Å². The number of benzene rings is 2. The van der Waals surface area contributed by atoms with Gasteiger partial charge in [-0.15, -0.1) is 0 Å². The molecule has 2 unspecified atom stereocenters. The first-order valence-corrected chi connectivity index (χ1v) is 16.6. The zero-order valence-corrected chi connectivity index (χ0v) is 29.3. The van der Waals surface area contributed by atoms with Crippen molar-refractivity contribution in [1.29, 1.82) is 0 Å². The summed E-state index contributed by atoms with van der Waals surface area (Å²) in [5.74, 6) is -0.142. The molecule has 0 aliphatic carbocycles. The lowest BCUT2D eigenvalue weighted by Gasteiger charge is -2.56. The van der Waals surface area contributed by atoms with Crippen molar-refractivity contribution >= 4 is 17.7 Å². The molecule has 0 saturated carbocycles. The van der Waals surface area contributed by atoms with Gasteiger partial charge in [0, 0.05) is 30.5 Å². The largest absolute Gasteiger partial charge is 0.495 e. The van der Waals surface area contributed by atoms with Crippen LogP contribution in [0.5, 0.6) is 5.75 Å². The van der Waals surface area contributed by atoms with Crippen LogP contribution >= 0.6 is 0 Å². The monoisotopic (exact) mass is 620 g/mol. The molecule has 4 rings (SSSR count). The minimum Gasteiger partial charge on any atom is -0.495 e. The van der Waals surface area contributed by atoms with Crippen LogP contribution in [-0.2, 0) is 20.4 Å². The molecule has 1 amide bonds. The normalized spacial score (nSPS) is 21.2. The van der Waals surface area contributed by atoms with Crippen molar-refractivity contribution in [3.8, 4) is 5.75 Å². The van der Waals surface area contributed by atoms with E-state index in [1.165, 1.54) is 12.0 Å². The van der Waals surface area contributed by atoms with Gasteiger partial charge in [0.05, 0.1) is 18.2 Å². The molecule has 2 saturated heterocycles. The molecular weight excluding hydrogens is 564 g/mol. The second kappa shape index (κ2) is 13.0. The summed E-state index contributed by atoms with van der Waals surface area (Å²) in [6.07, 6.45) is 6.14. The number of hydrogen-bond donors (Lipinski definition) is 2. The maximum absolute atomic E-state index is 13.0. The van der Waals surface area contributed by atoms with Crippen LogP contribution in [0, 0.1) is 12.3 Å². The van der Waals surface area contributed by atoms with Crippen LogP contribution in [-0.4, -0.2) is 52.9 Å². The number of aryl methyl sites for hydroxylation is 1. The molecule has 2 atom stereocenters. The van der Waals surface area contributed by atoms with Crippen molar-refractivity contribution in [2.75, 3.05) is 12.4 Å². The second-order valence-electron chi connectivity index (χ2n) is 16.2. The van der Waals surface area contributed by atoms with Crippen LogP contribution in [0.25, 0.3) is 0 Å². The van der Waals surface area contributed by atoms with Crippen LogP contribution in [0.3, 0.4) is 0 Å². The van der Waals surface area contributed by atoms with E-state index in [0.29, 0.717) is 29.9 Å². The third kappa shape index (κ3) is 8.03. The summed E-state index contributed by atoms with van der Waals surface area (Å²) < 4.78 is 11.4. The fraction of sp³-hybridized carbons (Fsp3) is 0.632. The first kappa shape index (κ1) is 34.8. The molecule has 2 aromatic carbocycles. The molecule has 2 fully saturated rings. The lowest BCUT2D eigenvalue weighted by Crippen LogP contribution is -2.62. The van der Waals surface area contributed by atoms with Gasteiger partial charge >= 0.3 is 12.1 Å². The summed E-state index contributed by atoms with van der Waals surface area (Å²) in [4.78, 5) is 27.5. The number of carboxylic acid groups (broad SMARTS) is 1. The third-order valence-electron chi connectivity index (χ3n) is 10.3. The Morgan fingerprint density at radius 1 is 0.867 bits per heavy atom. The van der Waals surface area contributed by atoms with E-state index in [0.717, 1.165) is 43.2 Å². The average molecular weight is 621 g/mol. The van der Waals surface area contributed by atoms with Gasteiger partial charge in [-0.3, -0.25) is 15.0 Å². The van der Waals surface area contributed by atoms with Gasteiger partial charge in [-0.05, 0) is 100.0 Å². The van der Waals surface area contributed by atoms with Gasteiger partial charge in [0.15, 0.2) is 0 Å². The van der Waals surface area contributed by atoms with Crippen molar-refractivity contribution in [3.63, 3.8) is 0 Å². The number of fused-ring (bicyclic) bond motifs is 2. The van der Waals surface area contributed by atoms with Crippen molar-refractivity contribution in [1.82, 2.24) is 4.90 Å². The summed E-state index contributed by atoms with van der Waals surface area (Å²) in [6.45, 7) is 19.3. The highest BCUT2D eigenvalue weighted by Crippen LogP contribution is 2.45. The Kier molecular flexibility index (Phi) is 10.0. The van der Waals surface area contributed by atoms with Gasteiger partial charge in [0.2, 0.25) is 0 Å². The van der Waals surface area contributed by atoms with E-state index < -0.39 is 17.5 Å². The van der Waals surface area contributed by atoms with E-state index in [9.17, 15) is 14.7 Å². The van der Waals surface area contributed by atoms with E-state index in [4.69, 9.17) is 9.47 Å². The smallest absolute Gasteiger partial charge is 0.412 e. The first-order valence-electron chi connectivity index (χ1n) is 16.6. The Bertz CT molecular complexity index is 1350. The minimum absolute atomic E-state index is 0.0507.